The van der Waals surface area contributed by atoms with Crippen molar-refractivity contribution in [1.82, 2.24) is 5.43 Å². The Hall–Kier alpha value is -3.95. The number of carbonyl (C=O) groups excluding carboxylic acids is 2. The van der Waals surface area contributed by atoms with Gasteiger partial charge >= 0.3 is 11.7 Å². The fourth-order valence-corrected chi connectivity index (χ4v) is 3.14. The van der Waals surface area contributed by atoms with Crippen LogP contribution in [0.5, 0.6) is 11.5 Å². The van der Waals surface area contributed by atoms with Crippen molar-refractivity contribution in [2.24, 2.45) is 5.10 Å². The third kappa shape index (κ3) is 6.53. The van der Waals surface area contributed by atoms with E-state index < -0.39 is 22.9 Å². The molecular weight excluding hydrogens is 485 g/mol. The van der Waals surface area contributed by atoms with Crippen LogP contribution in [0.3, 0.4) is 0 Å². The molecule has 3 aromatic rings. The Morgan fingerprint density at radius 2 is 1.79 bits per heavy atom. The highest BCUT2D eigenvalue weighted by Crippen LogP contribution is 2.27. The second-order valence-corrected chi connectivity index (χ2v) is 7.65. The minimum atomic E-state index is -1.03. The highest BCUT2D eigenvalue weighted by molar-refractivity contribution is 6.36. The van der Waals surface area contributed by atoms with Gasteiger partial charge in [0.05, 0.1) is 21.7 Å². The van der Waals surface area contributed by atoms with Gasteiger partial charge in [-0.25, -0.2) is 10.2 Å². The third-order valence-electron chi connectivity index (χ3n) is 4.36. The first-order chi connectivity index (χ1) is 16.2. The Labute approximate surface area is 204 Å². The Morgan fingerprint density at radius 3 is 2.47 bits per heavy atom. The van der Waals surface area contributed by atoms with E-state index in [1.54, 1.807) is 30.3 Å². The molecule has 0 bridgehead atoms. The number of benzene rings is 3. The molecule has 0 spiro atoms. The van der Waals surface area contributed by atoms with E-state index >= 15 is 0 Å². The maximum Gasteiger partial charge on any atom is 0.345 e. The molecular formula is C23H17Cl2N3O6. The van der Waals surface area contributed by atoms with Crippen molar-refractivity contribution in [3.05, 3.63) is 98.0 Å². The summed E-state index contributed by atoms with van der Waals surface area (Å²) in [5.41, 5.74) is 2.84. The molecule has 1 atom stereocenters. The molecule has 34 heavy (non-hydrogen) atoms. The number of para-hydroxylation sites is 2. The smallest absolute Gasteiger partial charge is 0.345 e. The van der Waals surface area contributed by atoms with E-state index in [-0.39, 0.29) is 27.8 Å². The molecule has 11 heteroatoms. The first-order valence-electron chi connectivity index (χ1n) is 9.75. The number of hydrogen-bond acceptors (Lipinski definition) is 7. The molecule has 0 aliphatic rings. The molecule has 1 N–H and O–H groups in total. The maximum atomic E-state index is 12.3. The lowest BCUT2D eigenvalue weighted by atomic mass is 10.2. The van der Waals surface area contributed by atoms with Gasteiger partial charge in [-0.05, 0) is 61.0 Å². The molecule has 0 aliphatic carbocycles. The van der Waals surface area contributed by atoms with Crippen molar-refractivity contribution in [2.75, 3.05) is 0 Å². The Morgan fingerprint density at radius 1 is 1.09 bits per heavy atom. The number of hydrazone groups is 1. The van der Waals surface area contributed by atoms with Crippen LogP contribution in [-0.4, -0.2) is 29.1 Å². The molecule has 0 heterocycles. The summed E-state index contributed by atoms with van der Waals surface area (Å²) in [6.45, 7) is 1.44. The van der Waals surface area contributed by atoms with Gasteiger partial charge in [-0.2, -0.15) is 5.10 Å². The normalized spacial score (nSPS) is 11.6. The molecule has 9 nitrogen and oxygen atoms in total. The number of esters is 1. The number of amides is 1. The number of hydrogen-bond donors (Lipinski definition) is 1. The van der Waals surface area contributed by atoms with Crippen molar-refractivity contribution in [1.29, 1.82) is 0 Å². The van der Waals surface area contributed by atoms with Crippen LogP contribution < -0.4 is 14.9 Å². The quantitative estimate of drug-likeness (QED) is 0.152. The fourth-order valence-electron chi connectivity index (χ4n) is 2.65. The zero-order chi connectivity index (χ0) is 24.7. The Kier molecular flexibility index (Phi) is 8.18. The zero-order valence-corrected chi connectivity index (χ0v) is 19.1. The molecule has 3 rings (SSSR count). The van der Waals surface area contributed by atoms with E-state index in [0.717, 1.165) is 0 Å². The largest absolute Gasteiger partial charge is 0.474 e. The van der Waals surface area contributed by atoms with Gasteiger partial charge in [-0.3, -0.25) is 14.9 Å². The van der Waals surface area contributed by atoms with Crippen LogP contribution >= 0.6 is 23.2 Å². The van der Waals surface area contributed by atoms with Gasteiger partial charge in [-0.1, -0.05) is 35.3 Å². The van der Waals surface area contributed by atoms with Crippen LogP contribution in [0.15, 0.2) is 71.8 Å². The second-order valence-electron chi connectivity index (χ2n) is 6.80. The van der Waals surface area contributed by atoms with E-state index in [1.165, 1.54) is 49.5 Å². The van der Waals surface area contributed by atoms with Crippen LogP contribution in [0, 0.1) is 10.1 Å². The van der Waals surface area contributed by atoms with Crippen molar-refractivity contribution >= 4 is 47.0 Å². The lowest BCUT2D eigenvalue weighted by molar-refractivity contribution is -0.386. The van der Waals surface area contributed by atoms with Gasteiger partial charge in [0.1, 0.15) is 5.75 Å². The summed E-state index contributed by atoms with van der Waals surface area (Å²) in [6, 6.07) is 16.5. The van der Waals surface area contributed by atoms with Crippen molar-refractivity contribution in [3.63, 3.8) is 0 Å². The van der Waals surface area contributed by atoms with Gasteiger partial charge in [0, 0.05) is 11.1 Å². The second kappa shape index (κ2) is 11.3. The molecule has 0 saturated carbocycles. The number of nitrogens with one attached hydrogen (secondary N) is 1. The predicted octanol–water partition coefficient (Wildman–Crippen LogP) is 5.04. The zero-order valence-electron chi connectivity index (χ0n) is 17.6. The Balaban J connectivity index is 1.54. The molecule has 174 valence electrons. The molecule has 0 saturated heterocycles. The van der Waals surface area contributed by atoms with E-state index in [9.17, 15) is 19.7 Å². The summed E-state index contributed by atoms with van der Waals surface area (Å²) in [6.07, 6.45) is 0.344. The standard InChI is InChI=1S/C23H17Cl2N3O6/c1-14(33-21-5-3-2-4-20(21)28(31)32)22(29)27-26-13-15-6-9-17(10-7-15)34-23(30)18-11-8-16(24)12-19(18)25/h2-14H,1H3,(H,27,29)/b26-13-/t14-/m1/s1. The monoisotopic (exact) mass is 501 g/mol. The molecule has 0 unspecified atom stereocenters. The van der Waals surface area contributed by atoms with E-state index in [1.807, 2.05) is 0 Å². The summed E-state index contributed by atoms with van der Waals surface area (Å²) in [5.74, 6) is -0.976. The molecule has 0 fully saturated rings. The first-order valence-corrected chi connectivity index (χ1v) is 10.5. The van der Waals surface area contributed by atoms with Crippen LogP contribution in [0.1, 0.15) is 22.8 Å². The molecule has 0 aromatic heterocycles. The van der Waals surface area contributed by atoms with Gasteiger partial charge in [0.15, 0.2) is 11.9 Å². The summed E-state index contributed by atoms with van der Waals surface area (Å²) >= 11 is 11.8. The summed E-state index contributed by atoms with van der Waals surface area (Å²) in [5, 5.41) is 15.5. The Bertz CT molecular complexity index is 1250. The SMILES string of the molecule is C[C@@H](Oc1ccccc1[N+](=O)[O-])C(=O)N/N=C\c1ccc(OC(=O)c2ccc(Cl)cc2Cl)cc1. The maximum absolute atomic E-state index is 12.3. The van der Waals surface area contributed by atoms with E-state index in [0.29, 0.717) is 10.6 Å². The van der Waals surface area contributed by atoms with Crippen molar-refractivity contribution in [2.45, 2.75) is 13.0 Å². The number of carbonyl (C=O) groups is 2. The molecule has 0 aliphatic heterocycles. The minimum absolute atomic E-state index is 0.0239. The third-order valence-corrected chi connectivity index (χ3v) is 4.91. The van der Waals surface area contributed by atoms with Gasteiger partial charge in [-0.15, -0.1) is 0 Å². The van der Waals surface area contributed by atoms with Gasteiger partial charge in [0.25, 0.3) is 5.91 Å². The van der Waals surface area contributed by atoms with Crippen molar-refractivity contribution < 1.29 is 24.0 Å². The highest BCUT2D eigenvalue weighted by atomic mass is 35.5. The van der Waals surface area contributed by atoms with E-state index in [2.05, 4.69) is 10.5 Å². The topological polar surface area (TPSA) is 120 Å². The lowest BCUT2D eigenvalue weighted by Gasteiger charge is -2.12. The minimum Gasteiger partial charge on any atom is -0.474 e. The number of ether oxygens (including phenoxy) is 2. The molecule has 3 aromatic carbocycles. The summed E-state index contributed by atoms with van der Waals surface area (Å²) < 4.78 is 10.7. The lowest BCUT2D eigenvalue weighted by Crippen LogP contribution is -2.33. The van der Waals surface area contributed by atoms with Crippen molar-refractivity contribution in [3.8, 4) is 11.5 Å². The number of halogens is 2. The number of nitro benzene ring substituents is 1. The fraction of sp³-hybridized carbons (Fsp3) is 0.0870. The van der Waals surface area contributed by atoms with Crippen LogP contribution in [-0.2, 0) is 4.79 Å². The highest BCUT2D eigenvalue weighted by Gasteiger charge is 2.20. The predicted molar refractivity (Wildman–Crippen MR) is 127 cm³/mol. The number of nitro groups is 1. The molecule has 0 radical (unpaired) electrons. The number of rotatable bonds is 8. The van der Waals surface area contributed by atoms with Gasteiger partial charge in [0.2, 0.25) is 0 Å². The average molecular weight is 502 g/mol. The first kappa shape index (κ1) is 24.7. The summed E-state index contributed by atoms with van der Waals surface area (Å²) in [7, 11) is 0. The summed E-state index contributed by atoms with van der Waals surface area (Å²) in [4.78, 5) is 34.9. The van der Waals surface area contributed by atoms with Crippen LogP contribution in [0.2, 0.25) is 10.0 Å². The van der Waals surface area contributed by atoms with Crippen LogP contribution in [0.25, 0.3) is 0 Å². The number of nitrogens with zero attached hydrogens (tertiary/aromatic N) is 2. The van der Waals surface area contributed by atoms with Gasteiger partial charge < -0.3 is 9.47 Å². The molecule has 1 amide bonds. The van der Waals surface area contributed by atoms with Crippen LogP contribution in [0.4, 0.5) is 5.69 Å². The average Bonchev–Trinajstić information content (AvgIpc) is 2.80. The van der Waals surface area contributed by atoms with E-state index in [4.69, 9.17) is 32.7 Å².